The Hall–Kier alpha value is -2.19. The smallest absolute Gasteiger partial charge is 0.293 e. The molecule has 1 saturated heterocycles. The first-order chi connectivity index (χ1) is 12.1. The number of nitrogens with one attached hydrogen (secondary N) is 1. The average Bonchev–Trinajstić information content (AvgIpc) is 3.35. The second-order valence-corrected chi connectivity index (χ2v) is 8.46. The highest BCUT2D eigenvalue weighted by atomic mass is 32.2. The molecule has 0 bridgehead atoms. The van der Waals surface area contributed by atoms with Crippen LogP contribution in [0.15, 0.2) is 52.4 Å². The normalized spacial score (nSPS) is 21.4. The van der Waals surface area contributed by atoms with Crippen LogP contribution in [0.5, 0.6) is 0 Å². The number of hydrogen-bond acceptors (Lipinski definition) is 5. The van der Waals surface area contributed by atoms with E-state index in [1.165, 1.54) is 4.31 Å². The van der Waals surface area contributed by atoms with Crippen LogP contribution < -0.4 is 10.9 Å². The van der Waals surface area contributed by atoms with Gasteiger partial charge in [0.15, 0.2) is 5.82 Å². The van der Waals surface area contributed by atoms with Crippen molar-refractivity contribution in [3.8, 4) is 0 Å². The first-order valence-electron chi connectivity index (χ1n) is 8.44. The zero-order valence-electron chi connectivity index (χ0n) is 13.7. The van der Waals surface area contributed by atoms with Gasteiger partial charge >= 0.3 is 0 Å². The maximum absolute atomic E-state index is 12.7. The predicted octanol–water partition coefficient (Wildman–Crippen LogP) is 1.45. The molecule has 1 aliphatic heterocycles. The third-order valence-electron chi connectivity index (χ3n) is 4.68. The lowest BCUT2D eigenvalue weighted by Crippen LogP contribution is -2.33. The Bertz CT molecular complexity index is 922. The fourth-order valence-corrected chi connectivity index (χ4v) is 4.68. The monoisotopic (exact) mass is 360 g/mol. The molecule has 2 aliphatic rings. The molecule has 0 amide bonds. The van der Waals surface area contributed by atoms with E-state index in [4.69, 9.17) is 0 Å². The fraction of sp³-hybridized carbons (Fsp3) is 0.412. The van der Waals surface area contributed by atoms with E-state index in [0.717, 1.165) is 12.8 Å². The van der Waals surface area contributed by atoms with Crippen LogP contribution in [-0.4, -0.2) is 41.4 Å². The van der Waals surface area contributed by atoms with Gasteiger partial charge in [-0.2, -0.15) is 4.31 Å². The van der Waals surface area contributed by atoms with Gasteiger partial charge in [0.25, 0.3) is 5.56 Å². The topological polar surface area (TPSA) is 84.3 Å². The molecule has 25 heavy (non-hydrogen) atoms. The summed E-state index contributed by atoms with van der Waals surface area (Å²) in [6.07, 6.45) is 6.03. The molecule has 1 N–H and O–H groups in total. The summed E-state index contributed by atoms with van der Waals surface area (Å²) >= 11 is 0. The average molecular weight is 360 g/mol. The molecule has 2 heterocycles. The van der Waals surface area contributed by atoms with Crippen molar-refractivity contribution in [3.63, 3.8) is 0 Å². The van der Waals surface area contributed by atoms with E-state index in [9.17, 15) is 13.2 Å². The molecule has 2 fully saturated rings. The molecule has 4 rings (SSSR count). The molecule has 0 unspecified atom stereocenters. The molecule has 0 spiro atoms. The quantitative estimate of drug-likeness (QED) is 0.872. The van der Waals surface area contributed by atoms with Crippen molar-refractivity contribution in [1.82, 2.24) is 13.9 Å². The second-order valence-electron chi connectivity index (χ2n) is 6.53. The van der Waals surface area contributed by atoms with E-state index in [0.29, 0.717) is 30.2 Å². The lowest BCUT2D eigenvalue weighted by Gasteiger charge is -2.17. The van der Waals surface area contributed by atoms with Gasteiger partial charge in [0, 0.05) is 37.6 Å². The second kappa shape index (κ2) is 6.27. The number of sulfonamides is 1. The number of benzene rings is 1. The van der Waals surface area contributed by atoms with Crippen molar-refractivity contribution < 1.29 is 8.42 Å². The predicted molar refractivity (Wildman–Crippen MR) is 94.0 cm³/mol. The SMILES string of the molecule is O=c1c(N[C@H]2CCN(S(=O)(=O)c3ccccc3)C2)nccn1C1CC1. The van der Waals surface area contributed by atoms with Crippen LogP contribution >= 0.6 is 0 Å². The van der Waals surface area contributed by atoms with Gasteiger partial charge < -0.3 is 9.88 Å². The maximum Gasteiger partial charge on any atom is 0.293 e. The van der Waals surface area contributed by atoms with Crippen LogP contribution in [0.1, 0.15) is 25.3 Å². The van der Waals surface area contributed by atoms with Crippen molar-refractivity contribution >= 4 is 15.8 Å². The van der Waals surface area contributed by atoms with Gasteiger partial charge in [-0.1, -0.05) is 18.2 Å². The van der Waals surface area contributed by atoms with E-state index in [1.54, 1.807) is 47.3 Å². The summed E-state index contributed by atoms with van der Waals surface area (Å²) in [6, 6.07) is 8.59. The van der Waals surface area contributed by atoms with Gasteiger partial charge in [0.1, 0.15) is 0 Å². The Balaban J connectivity index is 1.48. The molecule has 1 atom stereocenters. The summed E-state index contributed by atoms with van der Waals surface area (Å²) < 4.78 is 28.5. The third-order valence-corrected chi connectivity index (χ3v) is 6.56. The van der Waals surface area contributed by atoms with Crippen LogP contribution in [0.3, 0.4) is 0 Å². The van der Waals surface area contributed by atoms with E-state index in [2.05, 4.69) is 10.3 Å². The first-order valence-corrected chi connectivity index (χ1v) is 9.88. The summed E-state index contributed by atoms with van der Waals surface area (Å²) in [5.74, 6) is 0.304. The maximum atomic E-state index is 12.7. The Morgan fingerprint density at radius 2 is 1.88 bits per heavy atom. The van der Waals surface area contributed by atoms with Gasteiger partial charge in [-0.15, -0.1) is 0 Å². The Kier molecular flexibility index (Phi) is 4.09. The minimum absolute atomic E-state index is 0.117. The minimum atomic E-state index is -3.50. The number of rotatable bonds is 5. The number of aromatic nitrogens is 2. The van der Waals surface area contributed by atoms with E-state index in [1.807, 2.05) is 0 Å². The van der Waals surface area contributed by atoms with Crippen molar-refractivity contribution in [2.24, 2.45) is 0 Å². The molecular weight excluding hydrogens is 340 g/mol. The van der Waals surface area contributed by atoms with Crippen molar-refractivity contribution in [2.75, 3.05) is 18.4 Å². The summed E-state index contributed by atoms with van der Waals surface area (Å²) in [7, 11) is -3.50. The Morgan fingerprint density at radius 3 is 2.60 bits per heavy atom. The molecule has 0 radical (unpaired) electrons. The Labute approximate surface area is 146 Å². The Morgan fingerprint density at radius 1 is 1.12 bits per heavy atom. The summed E-state index contributed by atoms with van der Waals surface area (Å²) in [6.45, 7) is 0.759. The highest BCUT2D eigenvalue weighted by molar-refractivity contribution is 7.89. The van der Waals surface area contributed by atoms with Gasteiger partial charge in [0.05, 0.1) is 4.90 Å². The molecule has 7 nitrogen and oxygen atoms in total. The summed E-state index contributed by atoms with van der Waals surface area (Å²) in [5.41, 5.74) is -0.130. The molecule has 2 aromatic rings. The largest absolute Gasteiger partial charge is 0.361 e. The standard InChI is InChI=1S/C17H20N4O3S/c22-17-16(18-9-11-21(17)14-6-7-14)19-13-8-10-20(12-13)25(23,24)15-4-2-1-3-5-15/h1-5,9,11,13-14H,6-8,10,12H2,(H,18,19)/t13-/m0/s1. The number of hydrogen-bond donors (Lipinski definition) is 1. The van der Waals surface area contributed by atoms with Gasteiger partial charge in [-0.25, -0.2) is 13.4 Å². The van der Waals surface area contributed by atoms with Gasteiger partial charge in [0.2, 0.25) is 10.0 Å². The lowest BCUT2D eigenvalue weighted by atomic mass is 10.2. The third kappa shape index (κ3) is 3.19. The van der Waals surface area contributed by atoms with Gasteiger partial charge in [-0.05, 0) is 31.4 Å². The van der Waals surface area contributed by atoms with E-state index < -0.39 is 10.0 Å². The van der Waals surface area contributed by atoms with Gasteiger partial charge in [-0.3, -0.25) is 4.79 Å². The number of nitrogens with zero attached hydrogens (tertiary/aromatic N) is 3. The summed E-state index contributed by atoms with van der Waals surface area (Å²) in [4.78, 5) is 16.9. The zero-order chi connectivity index (χ0) is 17.4. The molecular formula is C17H20N4O3S. The van der Waals surface area contributed by atoms with Crippen LogP contribution in [0.2, 0.25) is 0 Å². The highest BCUT2D eigenvalue weighted by Gasteiger charge is 2.33. The van der Waals surface area contributed by atoms with E-state index >= 15 is 0 Å². The molecule has 8 heteroatoms. The molecule has 1 aliphatic carbocycles. The van der Waals surface area contributed by atoms with Crippen LogP contribution in [0.4, 0.5) is 5.82 Å². The summed E-state index contributed by atoms with van der Waals surface area (Å²) in [5, 5.41) is 3.14. The zero-order valence-corrected chi connectivity index (χ0v) is 14.5. The minimum Gasteiger partial charge on any atom is -0.361 e. The molecule has 1 saturated carbocycles. The van der Waals surface area contributed by atoms with Crippen molar-refractivity contribution in [2.45, 2.75) is 36.2 Å². The van der Waals surface area contributed by atoms with E-state index in [-0.39, 0.29) is 17.6 Å². The van der Waals surface area contributed by atoms with Crippen molar-refractivity contribution in [3.05, 3.63) is 53.1 Å². The van der Waals surface area contributed by atoms with Crippen LogP contribution in [0, 0.1) is 0 Å². The van der Waals surface area contributed by atoms with Crippen molar-refractivity contribution in [1.29, 1.82) is 0 Å². The van der Waals surface area contributed by atoms with Crippen LogP contribution in [0.25, 0.3) is 0 Å². The molecule has 1 aromatic heterocycles. The number of anilines is 1. The lowest BCUT2D eigenvalue weighted by molar-refractivity contribution is 0.474. The molecule has 132 valence electrons. The highest BCUT2D eigenvalue weighted by Crippen LogP contribution is 2.33. The fourth-order valence-electron chi connectivity index (χ4n) is 3.16. The first kappa shape index (κ1) is 16.3. The van der Waals surface area contributed by atoms with Crippen LogP contribution in [-0.2, 0) is 10.0 Å². The molecule has 1 aromatic carbocycles.